The van der Waals surface area contributed by atoms with Gasteiger partial charge in [-0.05, 0) is 60.7 Å². The van der Waals surface area contributed by atoms with Crippen LogP contribution in [-0.4, -0.2) is 21.7 Å². The molecule has 218 valence electrons. The van der Waals surface area contributed by atoms with Crippen molar-refractivity contribution in [2.75, 3.05) is 6.61 Å². The SMILES string of the molecule is CCOC(=O)C1=C(C)N=c2s/c(=C/c3cn(Cc4ccc(Br)cc4)c4ccccc34)c(=O)n2[C@@H]1c1ccc(C(C)C)cc1. The van der Waals surface area contributed by atoms with Gasteiger partial charge in [-0.2, -0.15) is 0 Å². The summed E-state index contributed by atoms with van der Waals surface area (Å²) in [4.78, 5) is 32.7. The smallest absolute Gasteiger partial charge is 0.338 e. The van der Waals surface area contributed by atoms with Gasteiger partial charge in [0.25, 0.3) is 5.56 Å². The molecule has 0 unspecified atom stereocenters. The first-order chi connectivity index (χ1) is 20.7. The molecular formula is C35H32BrN3O3S. The Kier molecular flexibility index (Phi) is 8.07. The summed E-state index contributed by atoms with van der Waals surface area (Å²) in [6, 6.07) is 24.0. The molecule has 1 aliphatic heterocycles. The van der Waals surface area contributed by atoms with Crippen molar-refractivity contribution >= 4 is 50.2 Å². The fourth-order valence-corrected chi connectivity index (χ4v) is 6.92. The van der Waals surface area contributed by atoms with Crippen LogP contribution in [0.25, 0.3) is 17.0 Å². The lowest BCUT2D eigenvalue weighted by atomic mass is 9.93. The van der Waals surface area contributed by atoms with E-state index in [1.807, 2.05) is 49.4 Å². The summed E-state index contributed by atoms with van der Waals surface area (Å²) in [6.07, 6.45) is 4.05. The van der Waals surface area contributed by atoms with E-state index in [0.29, 0.717) is 33.1 Å². The van der Waals surface area contributed by atoms with Gasteiger partial charge in [-0.25, -0.2) is 9.79 Å². The van der Waals surface area contributed by atoms with Gasteiger partial charge in [-0.15, -0.1) is 0 Å². The lowest BCUT2D eigenvalue weighted by Gasteiger charge is -2.25. The summed E-state index contributed by atoms with van der Waals surface area (Å²) in [6.45, 7) is 8.82. The molecule has 3 aromatic carbocycles. The highest BCUT2D eigenvalue weighted by atomic mass is 79.9. The van der Waals surface area contributed by atoms with Gasteiger partial charge in [0.1, 0.15) is 0 Å². The van der Waals surface area contributed by atoms with Gasteiger partial charge in [0.15, 0.2) is 4.80 Å². The normalized spacial score (nSPS) is 15.2. The predicted molar refractivity (Wildman–Crippen MR) is 176 cm³/mol. The number of benzene rings is 3. The number of aromatic nitrogens is 2. The topological polar surface area (TPSA) is 65.6 Å². The number of esters is 1. The number of fused-ring (bicyclic) bond motifs is 2. The van der Waals surface area contributed by atoms with Crippen LogP contribution in [0.15, 0.2) is 105 Å². The van der Waals surface area contributed by atoms with Crippen LogP contribution in [0.2, 0.25) is 0 Å². The molecular weight excluding hydrogens is 622 g/mol. The summed E-state index contributed by atoms with van der Waals surface area (Å²) in [5, 5.41) is 1.06. The number of ether oxygens (including phenoxy) is 1. The Bertz CT molecular complexity index is 2050. The molecule has 1 atom stereocenters. The second-order valence-electron chi connectivity index (χ2n) is 11.0. The molecule has 0 spiro atoms. The van der Waals surface area contributed by atoms with Crippen molar-refractivity contribution in [3.05, 3.63) is 137 Å². The molecule has 0 saturated carbocycles. The number of rotatable bonds is 7. The first-order valence-corrected chi connectivity index (χ1v) is 16.0. The third-order valence-corrected chi connectivity index (χ3v) is 9.32. The molecule has 0 N–H and O–H groups in total. The maximum absolute atomic E-state index is 14.2. The molecule has 1 aliphatic rings. The fourth-order valence-electron chi connectivity index (χ4n) is 5.62. The molecule has 0 bridgehead atoms. The van der Waals surface area contributed by atoms with Gasteiger partial charge in [-0.3, -0.25) is 9.36 Å². The molecule has 0 radical (unpaired) electrons. The zero-order chi connectivity index (χ0) is 30.2. The number of hydrogen-bond donors (Lipinski definition) is 0. The van der Waals surface area contributed by atoms with Crippen LogP contribution >= 0.6 is 27.3 Å². The van der Waals surface area contributed by atoms with Crippen LogP contribution in [0.4, 0.5) is 0 Å². The zero-order valence-corrected chi connectivity index (χ0v) is 26.9. The molecule has 3 heterocycles. The summed E-state index contributed by atoms with van der Waals surface area (Å²) >= 11 is 4.86. The monoisotopic (exact) mass is 653 g/mol. The first kappa shape index (κ1) is 29.1. The number of nitrogens with zero attached hydrogens (tertiary/aromatic N) is 3. The van der Waals surface area contributed by atoms with Gasteiger partial charge in [0.05, 0.1) is 28.5 Å². The van der Waals surface area contributed by atoms with Crippen molar-refractivity contribution in [3.63, 3.8) is 0 Å². The highest BCUT2D eigenvalue weighted by Crippen LogP contribution is 2.32. The van der Waals surface area contributed by atoms with Crippen LogP contribution in [-0.2, 0) is 16.1 Å². The Labute approximate surface area is 262 Å². The average Bonchev–Trinajstić information content (AvgIpc) is 3.49. The average molecular weight is 655 g/mol. The van der Waals surface area contributed by atoms with E-state index in [2.05, 4.69) is 76.9 Å². The molecule has 6 nitrogen and oxygen atoms in total. The number of thiazole rings is 1. The Morgan fingerprint density at radius 2 is 1.79 bits per heavy atom. The second kappa shape index (κ2) is 11.9. The van der Waals surface area contributed by atoms with Crippen molar-refractivity contribution in [1.82, 2.24) is 9.13 Å². The van der Waals surface area contributed by atoms with Gasteiger partial charge < -0.3 is 9.30 Å². The lowest BCUT2D eigenvalue weighted by molar-refractivity contribution is -0.139. The van der Waals surface area contributed by atoms with Crippen LogP contribution in [0.5, 0.6) is 0 Å². The fraction of sp³-hybridized carbons (Fsp3) is 0.229. The standard InChI is InChI=1S/C35H32BrN3O3S/c1-5-42-34(41)31-22(4)37-35-39(32(31)25-14-12-24(13-15-25)21(2)3)33(40)30(43-35)18-26-20-38(29-9-7-6-8-28(26)29)19-23-10-16-27(36)17-11-23/h6-18,20-21,32H,5,19H2,1-4H3/b30-18+/t32-/m1/s1. The van der Waals surface area contributed by atoms with Crippen LogP contribution < -0.4 is 14.9 Å². The van der Waals surface area contributed by atoms with E-state index in [4.69, 9.17) is 9.73 Å². The highest BCUT2D eigenvalue weighted by Gasteiger charge is 2.33. The molecule has 43 heavy (non-hydrogen) atoms. The third kappa shape index (κ3) is 5.57. The van der Waals surface area contributed by atoms with E-state index in [1.165, 1.54) is 22.5 Å². The Morgan fingerprint density at radius 3 is 2.49 bits per heavy atom. The van der Waals surface area contributed by atoms with Crippen molar-refractivity contribution < 1.29 is 9.53 Å². The Balaban J connectivity index is 1.50. The van der Waals surface area contributed by atoms with Gasteiger partial charge in [-0.1, -0.05) is 95.7 Å². The van der Waals surface area contributed by atoms with Crippen molar-refractivity contribution in [1.29, 1.82) is 0 Å². The Hall–Kier alpha value is -4.01. The highest BCUT2D eigenvalue weighted by molar-refractivity contribution is 9.10. The minimum absolute atomic E-state index is 0.180. The number of para-hydroxylation sites is 1. The number of allylic oxidation sites excluding steroid dienone is 1. The number of halogens is 1. The maximum Gasteiger partial charge on any atom is 0.338 e. The minimum atomic E-state index is -0.627. The number of hydrogen-bond acceptors (Lipinski definition) is 5. The van der Waals surface area contributed by atoms with Gasteiger partial charge in [0.2, 0.25) is 0 Å². The summed E-state index contributed by atoms with van der Waals surface area (Å²) in [7, 11) is 0. The van der Waals surface area contributed by atoms with E-state index in [0.717, 1.165) is 26.5 Å². The largest absolute Gasteiger partial charge is 0.463 e. The summed E-state index contributed by atoms with van der Waals surface area (Å²) in [5.74, 6) is -0.0873. The molecule has 6 rings (SSSR count). The van der Waals surface area contributed by atoms with Crippen LogP contribution in [0.3, 0.4) is 0 Å². The summed E-state index contributed by atoms with van der Waals surface area (Å²) < 4.78 is 10.9. The van der Waals surface area contributed by atoms with Gasteiger partial charge >= 0.3 is 5.97 Å². The first-order valence-electron chi connectivity index (χ1n) is 14.4. The molecule has 0 fully saturated rings. The molecule has 0 aliphatic carbocycles. The number of carbonyl (C=O) groups excluding carboxylic acids is 1. The van der Waals surface area contributed by atoms with E-state index in [-0.39, 0.29) is 12.2 Å². The van der Waals surface area contributed by atoms with E-state index >= 15 is 0 Å². The van der Waals surface area contributed by atoms with E-state index in [9.17, 15) is 9.59 Å². The van der Waals surface area contributed by atoms with Crippen LogP contribution in [0, 0.1) is 0 Å². The lowest BCUT2D eigenvalue weighted by Crippen LogP contribution is -2.39. The predicted octanol–water partition coefficient (Wildman–Crippen LogP) is 6.69. The van der Waals surface area contributed by atoms with Crippen molar-refractivity contribution in [2.24, 2.45) is 4.99 Å². The number of carbonyl (C=O) groups is 1. The molecule has 2 aromatic heterocycles. The van der Waals surface area contributed by atoms with Crippen molar-refractivity contribution in [2.45, 2.75) is 46.2 Å². The van der Waals surface area contributed by atoms with E-state index in [1.54, 1.807) is 11.5 Å². The zero-order valence-electron chi connectivity index (χ0n) is 24.5. The molecule has 0 amide bonds. The molecule has 0 saturated heterocycles. The van der Waals surface area contributed by atoms with E-state index < -0.39 is 12.0 Å². The Morgan fingerprint density at radius 1 is 1.07 bits per heavy atom. The second-order valence-corrected chi connectivity index (χ2v) is 12.9. The van der Waals surface area contributed by atoms with Crippen molar-refractivity contribution in [3.8, 4) is 0 Å². The molecule has 8 heteroatoms. The quantitative estimate of drug-likeness (QED) is 0.184. The summed E-state index contributed by atoms with van der Waals surface area (Å²) in [5.41, 5.74) is 6.04. The molecule has 5 aromatic rings. The van der Waals surface area contributed by atoms with Gasteiger partial charge in [0, 0.05) is 33.7 Å². The third-order valence-electron chi connectivity index (χ3n) is 7.81. The van der Waals surface area contributed by atoms with Crippen LogP contribution in [0.1, 0.15) is 61.9 Å². The maximum atomic E-state index is 14.2. The minimum Gasteiger partial charge on any atom is -0.463 e.